The van der Waals surface area contributed by atoms with Gasteiger partial charge in [0.2, 0.25) is 0 Å². The summed E-state index contributed by atoms with van der Waals surface area (Å²) in [5.74, 6) is 0.825. The molecule has 2 N–H and O–H groups in total. The summed E-state index contributed by atoms with van der Waals surface area (Å²) in [4.78, 5) is 9.01. The molecule has 2 aromatic heterocycles. The Bertz CT molecular complexity index is 818. The molecule has 0 aliphatic heterocycles. The third-order valence-electron chi connectivity index (χ3n) is 4.08. The van der Waals surface area contributed by atoms with E-state index in [0.717, 1.165) is 42.7 Å². The number of hydrogen-bond acceptors (Lipinski definition) is 3. The number of rotatable bonds is 7. The van der Waals surface area contributed by atoms with Crippen LogP contribution in [0.3, 0.4) is 0 Å². The molecular weight excluding hydrogens is 342 g/mol. The number of nitrogens with zero attached hydrogens (tertiary/aromatic N) is 3. The minimum atomic E-state index is 0.806. The zero-order valence-corrected chi connectivity index (χ0v) is 16.1. The molecule has 0 amide bonds. The molecule has 0 saturated carbocycles. The van der Waals surface area contributed by atoms with Crippen molar-refractivity contribution < 1.29 is 0 Å². The minimum Gasteiger partial charge on any atom is -0.356 e. The second-order valence-corrected chi connectivity index (χ2v) is 6.96. The first-order valence-corrected chi connectivity index (χ1v) is 9.69. The minimum absolute atomic E-state index is 0.806. The van der Waals surface area contributed by atoms with Crippen LogP contribution in [0.2, 0.25) is 0 Å². The van der Waals surface area contributed by atoms with Gasteiger partial charge >= 0.3 is 0 Å². The van der Waals surface area contributed by atoms with Gasteiger partial charge < -0.3 is 15.2 Å². The van der Waals surface area contributed by atoms with Crippen LogP contribution in [0.15, 0.2) is 59.2 Å². The molecule has 0 fully saturated rings. The van der Waals surface area contributed by atoms with E-state index in [1.54, 1.807) is 18.4 Å². The number of nitrogens with one attached hydrogen (secondary N) is 2. The van der Waals surface area contributed by atoms with E-state index in [-0.39, 0.29) is 0 Å². The summed E-state index contributed by atoms with van der Waals surface area (Å²) in [6, 6.07) is 12.6. The molecule has 26 heavy (non-hydrogen) atoms. The van der Waals surface area contributed by atoms with Crippen LogP contribution in [0.1, 0.15) is 11.3 Å². The van der Waals surface area contributed by atoms with Gasteiger partial charge in [0.1, 0.15) is 5.01 Å². The van der Waals surface area contributed by atoms with Gasteiger partial charge in [0.15, 0.2) is 5.96 Å². The maximum Gasteiger partial charge on any atom is 0.191 e. The molecule has 6 heteroatoms. The summed E-state index contributed by atoms with van der Waals surface area (Å²) in [5, 5.41) is 9.90. The van der Waals surface area contributed by atoms with Crippen LogP contribution in [-0.2, 0) is 13.0 Å². The molecule has 0 saturated heterocycles. The molecule has 0 spiro atoms. The standard InChI is InChI=1S/C20H25N5S/c1-16-5-7-17(8-6-16)19-24-18(15-26-19)9-10-22-20(21-2)23-11-14-25-12-3-4-13-25/h3-8,12-13,15H,9-11,14H2,1-2H3,(H2,21,22,23). The summed E-state index contributed by atoms with van der Waals surface area (Å²) in [6.07, 6.45) is 5.00. The first-order valence-electron chi connectivity index (χ1n) is 8.81. The highest BCUT2D eigenvalue weighted by Crippen LogP contribution is 2.24. The molecule has 5 nitrogen and oxygen atoms in total. The van der Waals surface area contributed by atoms with Crippen LogP contribution < -0.4 is 10.6 Å². The Hall–Kier alpha value is -2.60. The monoisotopic (exact) mass is 367 g/mol. The van der Waals surface area contributed by atoms with Gasteiger partial charge in [0, 0.05) is 56.4 Å². The van der Waals surface area contributed by atoms with E-state index in [1.807, 2.05) is 12.1 Å². The highest BCUT2D eigenvalue weighted by molar-refractivity contribution is 7.13. The molecule has 0 atom stereocenters. The summed E-state index contributed by atoms with van der Waals surface area (Å²) >= 11 is 1.70. The number of benzene rings is 1. The van der Waals surface area contributed by atoms with Gasteiger partial charge in [0.05, 0.1) is 5.69 Å². The molecule has 0 aliphatic carbocycles. The second kappa shape index (κ2) is 9.20. The lowest BCUT2D eigenvalue weighted by atomic mass is 10.2. The van der Waals surface area contributed by atoms with Crippen LogP contribution in [-0.4, -0.2) is 35.6 Å². The fourth-order valence-electron chi connectivity index (χ4n) is 2.60. The Kier molecular flexibility index (Phi) is 6.44. The molecule has 0 bridgehead atoms. The Morgan fingerprint density at radius 1 is 1.12 bits per heavy atom. The zero-order chi connectivity index (χ0) is 18.2. The lowest BCUT2D eigenvalue weighted by Gasteiger charge is -2.11. The molecule has 1 aromatic carbocycles. The van der Waals surface area contributed by atoms with Gasteiger partial charge in [-0.3, -0.25) is 4.99 Å². The number of hydrogen-bond donors (Lipinski definition) is 2. The van der Waals surface area contributed by atoms with E-state index < -0.39 is 0 Å². The molecule has 136 valence electrons. The average Bonchev–Trinajstić information content (AvgIpc) is 3.33. The number of aliphatic imine (C=N–C) groups is 1. The lowest BCUT2D eigenvalue weighted by molar-refractivity contribution is 0.664. The topological polar surface area (TPSA) is 54.2 Å². The summed E-state index contributed by atoms with van der Waals surface area (Å²) < 4.78 is 2.14. The van der Waals surface area contributed by atoms with E-state index in [2.05, 4.69) is 69.2 Å². The Morgan fingerprint density at radius 2 is 1.85 bits per heavy atom. The van der Waals surface area contributed by atoms with Crippen molar-refractivity contribution in [2.45, 2.75) is 19.9 Å². The lowest BCUT2D eigenvalue weighted by Crippen LogP contribution is -2.39. The first-order chi connectivity index (χ1) is 12.7. The zero-order valence-electron chi connectivity index (χ0n) is 15.3. The highest BCUT2D eigenvalue weighted by atomic mass is 32.1. The third kappa shape index (κ3) is 5.20. The van der Waals surface area contributed by atoms with Crippen molar-refractivity contribution in [3.05, 3.63) is 65.4 Å². The van der Waals surface area contributed by atoms with E-state index in [0.29, 0.717) is 0 Å². The molecule has 2 heterocycles. The van der Waals surface area contributed by atoms with Crippen LogP contribution in [0.4, 0.5) is 0 Å². The van der Waals surface area contributed by atoms with E-state index >= 15 is 0 Å². The molecule has 3 rings (SSSR count). The first kappa shape index (κ1) is 18.2. The smallest absolute Gasteiger partial charge is 0.191 e. The van der Waals surface area contributed by atoms with Gasteiger partial charge in [-0.2, -0.15) is 0 Å². The van der Waals surface area contributed by atoms with Crippen molar-refractivity contribution in [3.8, 4) is 10.6 Å². The number of thiazole rings is 1. The van der Waals surface area contributed by atoms with E-state index in [4.69, 9.17) is 4.98 Å². The van der Waals surface area contributed by atoms with Crippen LogP contribution >= 0.6 is 11.3 Å². The van der Waals surface area contributed by atoms with Crippen molar-refractivity contribution in [1.29, 1.82) is 0 Å². The molecule has 3 aromatic rings. The maximum absolute atomic E-state index is 4.74. The predicted octanol–water partition coefficient (Wildman–Crippen LogP) is 3.33. The van der Waals surface area contributed by atoms with Crippen LogP contribution in [0.5, 0.6) is 0 Å². The van der Waals surface area contributed by atoms with Gasteiger partial charge in [-0.25, -0.2) is 4.98 Å². The summed E-state index contributed by atoms with van der Waals surface area (Å²) in [7, 11) is 1.79. The van der Waals surface area contributed by atoms with Gasteiger partial charge in [-0.05, 0) is 19.1 Å². The molecule has 0 unspecified atom stereocenters. The quantitative estimate of drug-likeness (QED) is 0.497. The molecular formula is C20H25N5S. The van der Waals surface area contributed by atoms with Crippen molar-refractivity contribution in [2.24, 2.45) is 4.99 Å². The third-order valence-corrected chi connectivity index (χ3v) is 5.02. The largest absolute Gasteiger partial charge is 0.356 e. The highest BCUT2D eigenvalue weighted by Gasteiger charge is 2.05. The average molecular weight is 368 g/mol. The number of aromatic nitrogens is 2. The fourth-order valence-corrected chi connectivity index (χ4v) is 3.46. The summed E-state index contributed by atoms with van der Waals surface area (Å²) in [6.45, 7) is 4.66. The van der Waals surface area contributed by atoms with Gasteiger partial charge in [-0.15, -0.1) is 11.3 Å². The number of guanidine groups is 1. The van der Waals surface area contributed by atoms with Crippen molar-refractivity contribution in [3.63, 3.8) is 0 Å². The van der Waals surface area contributed by atoms with Crippen LogP contribution in [0.25, 0.3) is 10.6 Å². The Balaban J connectivity index is 1.43. The Morgan fingerprint density at radius 3 is 2.58 bits per heavy atom. The predicted molar refractivity (Wildman–Crippen MR) is 110 cm³/mol. The van der Waals surface area contributed by atoms with E-state index in [1.165, 1.54) is 11.1 Å². The second-order valence-electron chi connectivity index (χ2n) is 6.11. The van der Waals surface area contributed by atoms with Crippen molar-refractivity contribution >= 4 is 17.3 Å². The Labute approximate surface area is 158 Å². The molecule has 0 radical (unpaired) electrons. The normalized spacial score (nSPS) is 11.5. The molecule has 0 aliphatic rings. The van der Waals surface area contributed by atoms with Crippen LogP contribution in [0, 0.1) is 6.92 Å². The fraction of sp³-hybridized carbons (Fsp3) is 0.300. The van der Waals surface area contributed by atoms with Gasteiger partial charge in [-0.1, -0.05) is 29.8 Å². The van der Waals surface area contributed by atoms with Gasteiger partial charge in [0.25, 0.3) is 0 Å². The van der Waals surface area contributed by atoms with Crippen molar-refractivity contribution in [2.75, 3.05) is 20.1 Å². The SMILES string of the molecule is CN=C(NCCc1csc(-c2ccc(C)cc2)n1)NCCn1cccc1. The maximum atomic E-state index is 4.74. The number of aryl methyl sites for hydroxylation is 1. The van der Waals surface area contributed by atoms with Crippen molar-refractivity contribution in [1.82, 2.24) is 20.2 Å². The summed E-state index contributed by atoms with van der Waals surface area (Å²) in [5.41, 5.74) is 3.56. The van der Waals surface area contributed by atoms with E-state index in [9.17, 15) is 0 Å².